The van der Waals surface area contributed by atoms with Gasteiger partial charge in [-0.05, 0) is 138 Å². The molecule has 0 unspecified atom stereocenters. The number of nitrogens with zero attached hydrogens (tertiary/aromatic N) is 3. The number of hydrogen-bond donors (Lipinski definition) is 0. The van der Waals surface area contributed by atoms with Gasteiger partial charge in [0.25, 0.3) is 0 Å². The minimum Gasteiger partial charge on any atom is -0.501 e. The Balaban J connectivity index is 0.000000177. The van der Waals surface area contributed by atoms with Gasteiger partial charge >= 0.3 is 0 Å². The normalized spacial score (nSPS) is 17.3. The summed E-state index contributed by atoms with van der Waals surface area (Å²) in [6, 6.07) is 53.5. The number of rotatable bonds is 7. The third-order valence-corrected chi connectivity index (χ3v) is 14.4. The fraction of sp³-hybridized carbons (Fsp3) is 0.311. The third-order valence-electron chi connectivity index (χ3n) is 14.4. The van der Waals surface area contributed by atoms with Crippen LogP contribution in [0.15, 0.2) is 150 Å². The van der Waals surface area contributed by atoms with Crippen LogP contribution in [0, 0.1) is 23.0 Å². The van der Waals surface area contributed by atoms with Gasteiger partial charge in [-0.15, -0.1) is 54.1 Å². The van der Waals surface area contributed by atoms with Crippen LogP contribution in [0.1, 0.15) is 131 Å². The molecule has 2 saturated carbocycles. The summed E-state index contributed by atoms with van der Waals surface area (Å²) in [4.78, 5) is 9.60. The van der Waals surface area contributed by atoms with Crippen molar-refractivity contribution < 1.29 is 28.6 Å². The van der Waals surface area contributed by atoms with Gasteiger partial charge in [0, 0.05) is 41.5 Å². The minimum absolute atomic E-state index is 0. The molecule has 9 aromatic rings. The molecule has 1 radical (unpaired) electrons. The first-order chi connectivity index (χ1) is 32.5. The number of furan rings is 1. The first-order valence-electron chi connectivity index (χ1n) is 25.0. The zero-order valence-corrected chi connectivity index (χ0v) is 41.5. The van der Waals surface area contributed by atoms with E-state index in [0.717, 1.165) is 102 Å². The van der Waals surface area contributed by atoms with Crippen molar-refractivity contribution in [2.45, 2.75) is 111 Å². The summed E-state index contributed by atoms with van der Waals surface area (Å²) in [7, 11) is 0. The molecule has 4 nitrogen and oxygen atoms in total. The molecular weight excluding hydrogens is 983 g/mol. The number of pyridine rings is 1. The van der Waals surface area contributed by atoms with E-state index in [0.29, 0.717) is 10.8 Å². The summed E-state index contributed by atoms with van der Waals surface area (Å²) >= 11 is 0. The number of fused-ring (bicyclic) bond motifs is 4. The minimum atomic E-state index is -0.834. The zero-order valence-electron chi connectivity index (χ0n) is 42.1. The van der Waals surface area contributed by atoms with Gasteiger partial charge < -0.3 is 14.0 Å². The predicted molar refractivity (Wildman–Crippen MR) is 271 cm³/mol. The average molecular weight is 1050 g/mol. The van der Waals surface area contributed by atoms with Gasteiger partial charge in [0.2, 0.25) is 0 Å². The van der Waals surface area contributed by atoms with E-state index in [1.807, 2.05) is 125 Å². The van der Waals surface area contributed by atoms with Gasteiger partial charge in [0.15, 0.2) is 0 Å². The van der Waals surface area contributed by atoms with E-state index in [1.54, 1.807) is 0 Å². The molecule has 3 heterocycles. The molecule has 0 amide bonds. The zero-order chi connectivity index (χ0) is 47.5. The smallest absolute Gasteiger partial charge is 0.120 e. The molecule has 2 aliphatic carbocycles. The summed E-state index contributed by atoms with van der Waals surface area (Å²) in [5.41, 5.74) is 13.2. The molecule has 66 heavy (non-hydrogen) atoms. The maximum atomic E-state index is 9.36. The number of benzene rings is 6. The van der Waals surface area contributed by atoms with Gasteiger partial charge in [-0.2, -0.15) is 0 Å². The van der Waals surface area contributed by atoms with Crippen molar-refractivity contribution >= 4 is 33.0 Å². The molecule has 6 aromatic carbocycles. The largest absolute Gasteiger partial charge is 0.501 e. The number of aromatic nitrogens is 3. The Morgan fingerprint density at radius 3 is 2.11 bits per heavy atom. The summed E-state index contributed by atoms with van der Waals surface area (Å²) in [6.45, 7) is 12.4. The van der Waals surface area contributed by atoms with E-state index < -0.39 is 17.7 Å². The molecular formula is C61H61IrN3O-2. The first-order valence-corrected chi connectivity index (χ1v) is 23.5. The summed E-state index contributed by atoms with van der Waals surface area (Å²) in [5.74, 6) is -1.36. The summed E-state index contributed by atoms with van der Waals surface area (Å²) in [5, 5.41) is 2.20. The average Bonchev–Trinajstić information content (AvgIpc) is 3.93. The van der Waals surface area contributed by atoms with Crippen LogP contribution < -0.4 is 0 Å². The molecule has 0 bridgehead atoms. The topological polar surface area (TPSA) is 43.9 Å². The summed E-state index contributed by atoms with van der Waals surface area (Å²) in [6.07, 6.45) is 11.6. The van der Waals surface area contributed by atoms with E-state index in [2.05, 4.69) is 84.1 Å². The SMILES string of the molecule is [2H]C(C)(C)c1cccc(C([2H])(C)C)c1-n1c(-c2[c-]cccc2)nc2ccccc21.[2H]C1(c2ccc(-c3ccnc(-c4[c-]ccc5c4oc4ccccc45)c3)cc2)CCC2(CCC(C)(C)CC2)CC1.[Ir]. The van der Waals surface area contributed by atoms with Crippen molar-refractivity contribution in [3.05, 3.63) is 175 Å². The molecule has 337 valence electrons. The van der Waals surface area contributed by atoms with E-state index in [4.69, 9.17) is 12.1 Å². The molecule has 5 heteroatoms. The summed E-state index contributed by atoms with van der Waals surface area (Å²) < 4.78 is 35.3. The molecule has 3 aromatic heterocycles. The van der Waals surface area contributed by atoms with Crippen molar-refractivity contribution in [1.82, 2.24) is 14.5 Å². The van der Waals surface area contributed by atoms with Crippen LogP contribution in [-0.2, 0) is 20.1 Å². The predicted octanol–water partition coefficient (Wildman–Crippen LogP) is 17.1. The Morgan fingerprint density at radius 2 is 1.39 bits per heavy atom. The van der Waals surface area contributed by atoms with Crippen LogP contribution in [-0.4, -0.2) is 14.5 Å². The van der Waals surface area contributed by atoms with Gasteiger partial charge in [-0.1, -0.05) is 131 Å². The Morgan fingerprint density at radius 1 is 0.697 bits per heavy atom. The molecule has 2 fully saturated rings. The van der Waals surface area contributed by atoms with Crippen molar-refractivity contribution in [2.24, 2.45) is 10.8 Å². The molecule has 0 N–H and O–H groups in total. The fourth-order valence-electron chi connectivity index (χ4n) is 10.4. The second kappa shape index (κ2) is 18.9. The van der Waals surface area contributed by atoms with Crippen LogP contribution in [0.25, 0.3) is 72.4 Å². The standard InChI is InChI=1S/C36H36NO.C25H25N2.Ir/c1-35(2)19-21-36(22-20-35)17-14-27(15-18-36)25-10-12-26(13-11-25)28-16-23-37-32(24-28)31-8-5-7-30-29-6-3-4-9-33(29)38-34(30)31;1-17(2)20-13-10-14-21(18(3)4)24(20)27-23-16-9-8-15-22(23)26-25(27)19-11-6-5-7-12-19;/h3-7,9-13,16,23-24,27H,14-15,17-22H2,1-2H3;5-11,13-18H,1-4H3;/q2*-1;/i27D;17D,18D;. The van der Waals surface area contributed by atoms with Crippen molar-refractivity contribution in [3.63, 3.8) is 0 Å². The van der Waals surface area contributed by atoms with Crippen molar-refractivity contribution in [2.75, 3.05) is 0 Å². The quantitative estimate of drug-likeness (QED) is 0.149. The van der Waals surface area contributed by atoms with Crippen LogP contribution in [0.4, 0.5) is 0 Å². The first kappa shape index (κ1) is 41.8. The molecule has 2 aliphatic rings. The van der Waals surface area contributed by atoms with Gasteiger partial charge in [-0.3, -0.25) is 4.98 Å². The van der Waals surface area contributed by atoms with Crippen molar-refractivity contribution in [3.8, 4) is 39.5 Å². The second-order valence-corrected chi connectivity index (χ2v) is 19.7. The molecule has 11 rings (SSSR count). The monoisotopic (exact) mass is 1050 g/mol. The van der Waals surface area contributed by atoms with E-state index >= 15 is 0 Å². The van der Waals surface area contributed by atoms with Crippen molar-refractivity contribution in [1.29, 1.82) is 0 Å². The third kappa shape index (κ3) is 8.97. The van der Waals surface area contributed by atoms with Gasteiger partial charge in [0.1, 0.15) is 5.58 Å². The number of para-hydroxylation sites is 4. The van der Waals surface area contributed by atoms with Gasteiger partial charge in [0.05, 0.1) is 22.4 Å². The molecule has 1 spiro atoms. The maximum absolute atomic E-state index is 9.36. The Kier molecular flexibility index (Phi) is 12.0. The van der Waals surface area contributed by atoms with Gasteiger partial charge in [-0.25, -0.2) is 0 Å². The van der Waals surface area contributed by atoms with Crippen LogP contribution in [0.3, 0.4) is 0 Å². The molecule has 0 aliphatic heterocycles. The van der Waals surface area contributed by atoms with Crippen LogP contribution in [0.2, 0.25) is 0 Å². The number of imidazole rings is 1. The van der Waals surface area contributed by atoms with E-state index in [-0.39, 0.29) is 20.1 Å². The Bertz CT molecular complexity index is 3210. The van der Waals surface area contributed by atoms with Crippen LogP contribution >= 0.6 is 0 Å². The molecule has 0 atom stereocenters. The Labute approximate surface area is 409 Å². The van der Waals surface area contributed by atoms with Crippen LogP contribution in [0.5, 0.6) is 0 Å². The second-order valence-electron chi connectivity index (χ2n) is 19.7. The fourth-order valence-corrected chi connectivity index (χ4v) is 10.4. The number of hydrogen-bond acceptors (Lipinski definition) is 3. The maximum Gasteiger partial charge on any atom is 0.120 e. The van der Waals surface area contributed by atoms with E-state index in [9.17, 15) is 1.37 Å². The Hall–Kier alpha value is -5.61. The van der Waals surface area contributed by atoms with E-state index in [1.165, 1.54) is 38.5 Å². The molecule has 0 saturated heterocycles.